The van der Waals surface area contributed by atoms with E-state index in [0.717, 1.165) is 21.2 Å². The van der Waals surface area contributed by atoms with Crippen LogP contribution in [0.25, 0.3) is 0 Å². The number of benzene rings is 2. The lowest BCUT2D eigenvalue weighted by Crippen LogP contribution is -2.38. The van der Waals surface area contributed by atoms with Crippen molar-refractivity contribution in [1.29, 1.82) is 0 Å². The Kier molecular flexibility index (Phi) is 8.20. The number of nitrogens with one attached hydrogen (secondary N) is 1. The smallest absolute Gasteiger partial charge is 0.338 e. The second kappa shape index (κ2) is 10.4. The van der Waals surface area contributed by atoms with Crippen LogP contribution in [0.1, 0.15) is 36.7 Å². The Morgan fingerprint density at radius 2 is 1.67 bits per heavy atom. The van der Waals surface area contributed by atoms with Crippen LogP contribution >= 0.6 is 23.4 Å². The number of hydrogen-bond acceptors (Lipinski definition) is 4. The lowest BCUT2D eigenvalue weighted by atomic mass is 10.1. The topological polar surface area (TPSA) is 55.4 Å². The van der Waals surface area contributed by atoms with Crippen LogP contribution in [0.4, 0.5) is 0 Å². The Labute approximate surface area is 169 Å². The van der Waals surface area contributed by atoms with Crippen molar-refractivity contribution in [3.63, 3.8) is 0 Å². The monoisotopic (exact) mass is 405 g/mol. The molecular formula is C21H24ClNO3S. The molecule has 1 amide bonds. The number of carbonyl (C=O) groups is 2. The maximum atomic E-state index is 12.1. The molecule has 0 saturated heterocycles. The zero-order valence-electron chi connectivity index (χ0n) is 15.7. The van der Waals surface area contributed by atoms with E-state index in [9.17, 15) is 9.59 Å². The van der Waals surface area contributed by atoms with Crippen LogP contribution in [0, 0.1) is 5.92 Å². The fraction of sp³-hybridized carbons (Fsp3) is 0.333. The number of ether oxygens (including phenoxy) is 1. The Bertz CT molecular complexity index is 760. The van der Waals surface area contributed by atoms with Gasteiger partial charge in [0.05, 0.1) is 5.56 Å². The minimum atomic E-state index is -0.501. The lowest BCUT2D eigenvalue weighted by molar-refractivity contribution is -0.125. The maximum Gasteiger partial charge on any atom is 0.338 e. The number of rotatable bonds is 8. The Balaban J connectivity index is 1.80. The van der Waals surface area contributed by atoms with Crippen molar-refractivity contribution in [2.24, 2.45) is 5.92 Å². The van der Waals surface area contributed by atoms with Crippen LogP contribution in [0.5, 0.6) is 0 Å². The normalized spacial score (nSPS) is 11.9. The van der Waals surface area contributed by atoms with Gasteiger partial charge in [-0.15, -0.1) is 11.8 Å². The predicted octanol–water partition coefficient (Wildman–Crippen LogP) is 4.95. The van der Waals surface area contributed by atoms with Gasteiger partial charge >= 0.3 is 5.97 Å². The third-order valence-corrected chi connectivity index (χ3v) is 5.47. The molecule has 4 nitrogen and oxygen atoms in total. The molecule has 0 aromatic heterocycles. The molecule has 144 valence electrons. The highest BCUT2D eigenvalue weighted by atomic mass is 35.5. The summed E-state index contributed by atoms with van der Waals surface area (Å²) in [5, 5.41) is 3.52. The van der Waals surface area contributed by atoms with Crippen molar-refractivity contribution in [2.75, 3.05) is 6.61 Å². The summed E-state index contributed by atoms with van der Waals surface area (Å²) in [5.74, 6) is 0.314. The molecule has 2 rings (SSSR count). The van der Waals surface area contributed by atoms with Gasteiger partial charge in [-0.25, -0.2) is 4.79 Å². The number of amides is 1. The molecule has 27 heavy (non-hydrogen) atoms. The molecule has 0 spiro atoms. The minimum absolute atomic E-state index is 0.0358. The van der Waals surface area contributed by atoms with E-state index in [-0.39, 0.29) is 18.6 Å². The highest BCUT2D eigenvalue weighted by Gasteiger charge is 2.13. The second-order valence-electron chi connectivity index (χ2n) is 6.62. The molecule has 0 heterocycles. The first kappa shape index (κ1) is 21.3. The van der Waals surface area contributed by atoms with Crippen LogP contribution in [0.15, 0.2) is 53.4 Å². The summed E-state index contributed by atoms with van der Waals surface area (Å²) in [6, 6.07) is 14.9. The molecule has 0 saturated carbocycles. The van der Waals surface area contributed by atoms with Crippen molar-refractivity contribution in [2.45, 2.75) is 37.5 Å². The number of thioether (sulfide) groups is 1. The largest absolute Gasteiger partial charge is 0.452 e. The van der Waals surface area contributed by atoms with Crippen molar-refractivity contribution in [3.8, 4) is 0 Å². The fourth-order valence-electron chi connectivity index (χ4n) is 2.11. The van der Waals surface area contributed by atoms with E-state index in [0.29, 0.717) is 11.5 Å². The molecule has 1 N–H and O–H groups in total. The molecule has 2 aromatic rings. The van der Waals surface area contributed by atoms with Gasteiger partial charge in [-0.1, -0.05) is 37.6 Å². The van der Waals surface area contributed by atoms with Crippen molar-refractivity contribution in [3.05, 3.63) is 64.7 Å². The van der Waals surface area contributed by atoms with Gasteiger partial charge < -0.3 is 10.1 Å². The van der Waals surface area contributed by atoms with Gasteiger partial charge in [0.1, 0.15) is 0 Å². The second-order valence-corrected chi connectivity index (χ2v) is 8.10. The average Bonchev–Trinajstić information content (AvgIpc) is 2.66. The highest BCUT2D eigenvalue weighted by molar-refractivity contribution is 7.98. The number of hydrogen-bond donors (Lipinski definition) is 1. The van der Waals surface area contributed by atoms with E-state index in [4.69, 9.17) is 16.3 Å². The van der Waals surface area contributed by atoms with E-state index >= 15 is 0 Å². The predicted molar refractivity (Wildman–Crippen MR) is 110 cm³/mol. The maximum absolute atomic E-state index is 12.1. The molecule has 0 radical (unpaired) electrons. The van der Waals surface area contributed by atoms with Gasteiger partial charge in [-0.2, -0.15) is 0 Å². The van der Waals surface area contributed by atoms with Crippen LogP contribution in [0.2, 0.25) is 5.02 Å². The minimum Gasteiger partial charge on any atom is -0.452 e. The third-order valence-electron chi connectivity index (χ3n) is 4.13. The van der Waals surface area contributed by atoms with E-state index < -0.39 is 5.97 Å². The summed E-state index contributed by atoms with van der Waals surface area (Å²) in [6.07, 6.45) is 0. The zero-order chi connectivity index (χ0) is 19.8. The first-order valence-corrected chi connectivity index (χ1v) is 10.2. The van der Waals surface area contributed by atoms with Gasteiger partial charge in [-0.3, -0.25) is 4.79 Å². The molecule has 0 aliphatic carbocycles. The Morgan fingerprint density at radius 3 is 2.26 bits per heavy atom. The first-order chi connectivity index (χ1) is 12.8. The van der Waals surface area contributed by atoms with Crippen LogP contribution in [-0.2, 0) is 15.3 Å². The van der Waals surface area contributed by atoms with Gasteiger partial charge in [0.25, 0.3) is 5.91 Å². The molecule has 0 aliphatic rings. The zero-order valence-corrected chi connectivity index (χ0v) is 17.3. The number of esters is 1. The molecule has 2 aromatic carbocycles. The number of halogens is 1. The van der Waals surface area contributed by atoms with Crippen LogP contribution in [0.3, 0.4) is 0 Å². The standard InChI is InChI=1S/C21H24ClNO3S/c1-14(2)15(3)23-20(24)12-26-21(25)17-6-4-16(5-7-17)13-27-19-10-8-18(22)9-11-19/h4-11,14-15H,12-13H2,1-3H3,(H,23,24)/t15-/m1/s1. The summed E-state index contributed by atoms with van der Waals surface area (Å²) >= 11 is 7.57. The Morgan fingerprint density at radius 1 is 1.04 bits per heavy atom. The highest BCUT2D eigenvalue weighted by Crippen LogP contribution is 2.24. The Hall–Kier alpha value is -1.98. The quantitative estimate of drug-likeness (QED) is 0.498. The molecule has 6 heteroatoms. The van der Waals surface area contributed by atoms with Crippen molar-refractivity contribution >= 4 is 35.2 Å². The van der Waals surface area contributed by atoms with Crippen LogP contribution in [-0.4, -0.2) is 24.5 Å². The summed E-state index contributed by atoms with van der Waals surface area (Å²) < 4.78 is 5.08. The van der Waals surface area contributed by atoms with E-state index in [2.05, 4.69) is 5.32 Å². The summed E-state index contributed by atoms with van der Waals surface area (Å²) in [7, 11) is 0. The molecule has 0 aliphatic heterocycles. The molecule has 0 bridgehead atoms. The van der Waals surface area contributed by atoms with Gasteiger partial charge in [0.2, 0.25) is 0 Å². The average molecular weight is 406 g/mol. The SMILES string of the molecule is CC(C)[C@@H](C)NC(=O)COC(=O)c1ccc(CSc2ccc(Cl)cc2)cc1. The molecule has 0 fully saturated rings. The van der Waals surface area contributed by atoms with Gasteiger partial charge in [-0.05, 0) is 54.8 Å². The lowest BCUT2D eigenvalue weighted by Gasteiger charge is -2.17. The third kappa shape index (κ3) is 7.27. The molecule has 1 atom stereocenters. The van der Waals surface area contributed by atoms with Gasteiger partial charge in [0.15, 0.2) is 6.61 Å². The number of carbonyl (C=O) groups excluding carboxylic acids is 2. The van der Waals surface area contributed by atoms with E-state index in [1.54, 1.807) is 23.9 Å². The van der Waals surface area contributed by atoms with Crippen molar-refractivity contribution < 1.29 is 14.3 Å². The summed E-state index contributed by atoms with van der Waals surface area (Å²) in [6.45, 7) is 5.68. The molecule has 0 unspecified atom stereocenters. The van der Waals surface area contributed by atoms with Crippen molar-refractivity contribution in [1.82, 2.24) is 5.32 Å². The van der Waals surface area contributed by atoms with Gasteiger partial charge in [0, 0.05) is 21.7 Å². The molecular weight excluding hydrogens is 382 g/mol. The fourth-order valence-corrected chi connectivity index (χ4v) is 3.09. The first-order valence-electron chi connectivity index (χ1n) is 8.79. The summed E-state index contributed by atoms with van der Waals surface area (Å²) in [4.78, 5) is 25.0. The summed E-state index contributed by atoms with van der Waals surface area (Å²) in [5.41, 5.74) is 1.52. The van der Waals surface area contributed by atoms with E-state index in [1.807, 2.05) is 57.2 Å². The van der Waals surface area contributed by atoms with E-state index in [1.165, 1.54) is 0 Å². The van der Waals surface area contributed by atoms with Crippen LogP contribution < -0.4 is 5.32 Å².